The highest BCUT2D eigenvalue weighted by molar-refractivity contribution is 7.09. The Morgan fingerprint density at radius 3 is 2.93 bits per heavy atom. The second kappa shape index (κ2) is 9.63. The molecule has 0 saturated carbocycles. The number of aromatic nitrogens is 2. The first kappa shape index (κ1) is 19.5. The summed E-state index contributed by atoms with van der Waals surface area (Å²) in [6.07, 6.45) is 0.777. The quantitative estimate of drug-likeness (QED) is 0.710. The van der Waals surface area contributed by atoms with Gasteiger partial charge in [0.25, 0.3) is 5.56 Å². The SMILES string of the molecule is COCc1cc(=O)n(CC(=O)NCCc2cccs2)c(N2CCOCC2)n1. The summed E-state index contributed by atoms with van der Waals surface area (Å²) in [5.74, 6) is 0.288. The summed E-state index contributed by atoms with van der Waals surface area (Å²) in [5.41, 5.74) is 0.297. The van der Waals surface area contributed by atoms with E-state index in [1.807, 2.05) is 22.4 Å². The van der Waals surface area contributed by atoms with Crippen molar-refractivity contribution in [2.75, 3.05) is 44.9 Å². The smallest absolute Gasteiger partial charge is 0.255 e. The van der Waals surface area contributed by atoms with Gasteiger partial charge < -0.3 is 19.7 Å². The average Bonchev–Trinajstić information content (AvgIpc) is 3.18. The minimum atomic E-state index is -0.257. The van der Waals surface area contributed by atoms with Gasteiger partial charge in [-0.1, -0.05) is 6.07 Å². The van der Waals surface area contributed by atoms with Crippen LogP contribution in [0.15, 0.2) is 28.4 Å². The van der Waals surface area contributed by atoms with E-state index >= 15 is 0 Å². The van der Waals surface area contributed by atoms with Crippen molar-refractivity contribution in [3.8, 4) is 0 Å². The lowest BCUT2D eigenvalue weighted by Crippen LogP contribution is -2.42. The highest BCUT2D eigenvalue weighted by Gasteiger charge is 2.20. The Bertz CT molecular complexity index is 800. The summed E-state index contributed by atoms with van der Waals surface area (Å²) >= 11 is 1.66. The lowest BCUT2D eigenvalue weighted by atomic mass is 10.3. The molecule has 3 rings (SSSR count). The molecule has 1 amide bonds. The Labute approximate surface area is 161 Å². The fourth-order valence-corrected chi connectivity index (χ4v) is 3.60. The van der Waals surface area contributed by atoms with Gasteiger partial charge in [0.15, 0.2) is 0 Å². The first-order chi connectivity index (χ1) is 13.2. The van der Waals surface area contributed by atoms with Gasteiger partial charge in [-0.05, 0) is 17.9 Å². The van der Waals surface area contributed by atoms with E-state index in [4.69, 9.17) is 9.47 Å². The maximum absolute atomic E-state index is 12.6. The maximum Gasteiger partial charge on any atom is 0.255 e. The van der Waals surface area contributed by atoms with Crippen LogP contribution in [0.3, 0.4) is 0 Å². The van der Waals surface area contributed by atoms with Crippen LogP contribution in [-0.4, -0.2) is 55.4 Å². The Hall–Kier alpha value is -2.23. The molecule has 3 heterocycles. The summed E-state index contributed by atoms with van der Waals surface area (Å²) in [4.78, 5) is 32.7. The van der Waals surface area contributed by atoms with Gasteiger partial charge in [-0.15, -0.1) is 11.3 Å². The van der Waals surface area contributed by atoms with E-state index in [-0.39, 0.29) is 24.6 Å². The van der Waals surface area contributed by atoms with Crippen molar-refractivity contribution in [2.24, 2.45) is 0 Å². The zero-order chi connectivity index (χ0) is 19.1. The number of carbonyl (C=O) groups excluding carboxylic acids is 1. The number of hydrogen-bond acceptors (Lipinski definition) is 7. The molecule has 1 aliphatic rings. The fraction of sp³-hybridized carbons (Fsp3) is 0.500. The van der Waals surface area contributed by atoms with Crippen molar-refractivity contribution >= 4 is 23.2 Å². The molecule has 146 valence electrons. The van der Waals surface area contributed by atoms with Crippen molar-refractivity contribution in [1.82, 2.24) is 14.9 Å². The third-order valence-corrected chi connectivity index (χ3v) is 5.14. The number of methoxy groups -OCH3 is 1. The molecule has 0 atom stereocenters. The van der Waals surface area contributed by atoms with Gasteiger partial charge in [0.1, 0.15) is 6.54 Å². The van der Waals surface area contributed by atoms with E-state index in [1.165, 1.54) is 15.5 Å². The van der Waals surface area contributed by atoms with Gasteiger partial charge in [0.2, 0.25) is 11.9 Å². The summed E-state index contributed by atoms with van der Waals surface area (Å²) in [7, 11) is 1.56. The van der Waals surface area contributed by atoms with Gasteiger partial charge in [-0.25, -0.2) is 4.98 Å². The van der Waals surface area contributed by atoms with Gasteiger partial charge >= 0.3 is 0 Å². The maximum atomic E-state index is 12.6. The molecule has 2 aromatic heterocycles. The normalized spacial score (nSPS) is 14.3. The summed E-state index contributed by atoms with van der Waals surface area (Å²) < 4.78 is 11.9. The van der Waals surface area contributed by atoms with Gasteiger partial charge in [-0.3, -0.25) is 14.2 Å². The summed E-state index contributed by atoms with van der Waals surface area (Å²) in [6.45, 7) is 3.12. The number of rotatable bonds is 8. The minimum Gasteiger partial charge on any atom is -0.378 e. The van der Waals surface area contributed by atoms with Crippen LogP contribution in [0.4, 0.5) is 5.95 Å². The van der Waals surface area contributed by atoms with Crippen molar-refractivity contribution in [3.05, 3.63) is 44.5 Å². The number of ether oxygens (including phenoxy) is 2. The van der Waals surface area contributed by atoms with E-state index in [0.29, 0.717) is 44.5 Å². The van der Waals surface area contributed by atoms with Crippen LogP contribution in [-0.2, 0) is 33.8 Å². The molecule has 2 aromatic rings. The van der Waals surface area contributed by atoms with Gasteiger partial charge in [-0.2, -0.15) is 0 Å². The summed E-state index contributed by atoms with van der Waals surface area (Å²) in [6, 6.07) is 5.45. The van der Waals surface area contributed by atoms with Crippen LogP contribution in [0.2, 0.25) is 0 Å². The van der Waals surface area contributed by atoms with Gasteiger partial charge in [0.05, 0.1) is 25.5 Å². The third kappa shape index (κ3) is 5.38. The number of amides is 1. The standard InChI is InChI=1S/C18H24N4O4S/c1-25-13-14-11-17(24)22(18(20-14)21-6-8-26-9-7-21)12-16(23)19-5-4-15-3-2-10-27-15/h2-3,10-11H,4-9,12-13H2,1H3,(H,19,23). The second-order valence-electron chi connectivity index (χ2n) is 6.18. The number of morpholine rings is 1. The highest BCUT2D eigenvalue weighted by atomic mass is 32.1. The predicted octanol–water partition coefficient (Wildman–Crippen LogP) is 0.647. The Balaban J connectivity index is 1.71. The second-order valence-corrected chi connectivity index (χ2v) is 7.22. The molecule has 0 aromatic carbocycles. The number of nitrogens with zero attached hydrogens (tertiary/aromatic N) is 3. The number of anilines is 1. The Kier molecular flexibility index (Phi) is 6.97. The van der Waals surface area contributed by atoms with E-state index in [2.05, 4.69) is 10.3 Å². The van der Waals surface area contributed by atoms with E-state index < -0.39 is 0 Å². The number of thiophene rings is 1. The molecule has 0 unspecified atom stereocenters. The molecule has 8 nitrogen and oxygen atoms in total. The molecule has 0 radical (unpaired) electrons. The van der Waals surface area contributed by atoms with Crippen molar-refractivity contribution in [1.29, 1.82) is 0 Å². The molecule has 1 N–H and O–H groups in total. The first-order valence-corrected chi connectivity index (χ1v) is 9.77. The highest BCUT2D eigenvalue weighted by Crippen LogP contribution is 2.13. The van der Waals surface area contributed by atoms with Crippen LogP contribution in [0.25, 0.3) is 0 Å². The van der Waals surface area contributed by atoms with Crippen LogP contribution in [0, 0.1) is 0 Å². The number of nitrogens with one attached hydrogen (secondary N) is 1. The minimum absolute atomic E-state index is 0.0593. The van der Waals surface area contributed by atoms with Crippen molar-refractivity contribution < 1.29 is 14.3 Å². The molecule has 0 spiro atoms. The molecule has 0 bridgehead atoms. The average molecular weight is 392 g/mol. The van der Waals surface area contributed by atoms with Crippen LogP contribution in [0.1, 0.15) is 10.6 Å². The lowest BCUT2D eigenvalue weighted by molar-refractivity contribution is -0.121. The lowest BCUT2D eigenvalue weighted by Gasteiger charge is -2.29. The molecule has 1 fully saturated rings. The van der Waals surface area contributed by atoms with Crippen LogP contribution >= 0.6 is 11.3 Å². The predicted molar refractivity (Wildman–Crippen MR) is 103 cm³/mol. The molecule has 27 heavy (non-hydrogen) atoms. The molecule has 1 saturated heterocycles. The van der Waals surface area contributed by atoms with Crippen molar-refractivity contribution in [2.45, 2.75) is 19.6 Å². The summed E-state index contributed by atoms with van der Waals surface area (Å²) in [5, 5.41) is 4.89. The monoisotopic (exact) mass is 392 g/mol. The zero-order valence-electron chi connectivity index (χ0n) is 15.3. The molecule has 9 heteroatoms. The zero-order valence-corrected chi connectivity index (χ0v) is 16.2. The molecular weight excluding hydrogens is 368 g/mol. The topological polar surface area (TPSA) is 85.7 Å². The van der Waals surface area contributed by atoms with Crippen molar-refractivity contribution in [3.63, 3.8) is 0 Å². The number of hydrogen-bond donors (Lipinski definition) is 1. The number of carbonyl (C=O) groups is 1. The molecule has 0 aliphatic carbocycles. The van der Waals surface area contributed by atoms with E-state index in [0.717, 1.165) is 6.42 Å². The van der Waals surface area contributed by atoms with Crippen LogP contribution < -0.4 is 15.8 Å². The largest absolute Gasteiger partial charge is 0.378 e. The van der Waals surface area contributed by atoms with Gasteiger partial charge in [0, 0.05) is 37.7 Å². The molecular formula is C18H24N4O4S. The Morgan fingerprint density at radius 1 is 1.41 bits per heavy atom. The van der Waals surface area contributed by atoms with E-state index in [9.17, 15) is 9.59 Å². The first-order valence-electron chi connectivity index (χ1n) is 8.89. The fourth-order valence-electron chi connectivity index (χ4n) is 2.89. The Morgan fingerprint density at radius 2 is 2.22 bits per heavy atom. The molecule has 1 aliphatic heterocycles. The van der Waals surface area contributed by atoms with Crippen LogP contribution in [0.5, 0.6) is 0 Å². The third-order valence-electron chi connectivity index (χ3n) is 4.20. The van der Waals surface area contributed by atoms with E-state index in [1.54, 1.807) is 18.4 Å².